The Kier molecular flexibility index (Phi) is 3.94. The minimum absolute atomic E-state index is 0.838. The lowest BCUT2D eigenvalue weighted by Gasteiger charge is -1.99. The van der Waals surface area contributed by atoms with E-state index in [1.807, 2.05) is 54.7 Å². The number of hydrogen-bond donors (Lipinski definition) is 0. The summed E-state index contributed by atoms with van der Waals surface area (Å²) in [5, 5.41) is 0. The van der Waals surface area contributed by atoms with Crippen LogP contribution in [0.4, 0.5) is 5.69 Å². The van der Waals surface area contributed by atoms with Crippen LogP contribution < -0.4 is 4.74 Å². The van der Waals surface area contributed by atoms with Crippen molar-refractivity contribution in [1.29, 1.82) is 0 Å². The van der Waals surface area contributed by atoms with Gasteiger partial charge in [0.15, 0.2) is 0 Å². The van der Waals surface area contributed by atoms with Crippen molar-refractivity contribution in [2.45, 2.75) is 0 Å². The zero-order valence-corrected chi connectivity index (χ0v) is 11.0. The standard InChI is InChI=1S/C14H12BrNO/c1-17-13-8-6-12(7-9-13)16-10-11-4-2-3-5-14(11)15/h2-10H,1H3. The molecular formula is C14H12BrNO. The second-order valence-electron chi connectivity index (χ2n) is 3.48. The molecule has 0 saturated carbocycles. The average molecular weight is 290 g/mol. The Hall–Kier alpha value is -1.61. The zero-order valence-electron chi connectivity index (χ0n) is 9.43. The Balaban J connectivity index is 2.17. The molecule has 0 fully saturated rings. The van der Waals surface area contributed by atoms with E-state index in [0.29, 0.717) is 0 Å². The molecule has 0 amide bonds. The minimum atomic E-state index is 0.838. The summed E-state index contributed by atoms with van der Waals surface area (Å²) in [5.74, 6) is 0.838. The van der Waals surface area contributed by atoms with Crippen LogP contribution in [0.3, 0.4) is 0 Å². The van der Waals surface area contributed by atoms with Crippen LogP contribution in [-0.4, -0.2) is 13.3 Å². The molecule has 2 nitrogen and oxygen atoms in total. The van der Waals surface area contributed by atoms with Gasteiger partial charge in [0.1, 0.15) is 5.75 Å². The third kappa shape index (κ3) is 3.17. The number of nitrogens with zero attached hydrogens (tertiary/aromatic N) is 1. The first-order valence-electron chi connectivity index (χ1n) is 5.22. The molecule has 2 aromatic rings. The molecule has 0 saturated heterocycles. The number of methoxy groups -OCH3 is 1. The topological polar surface area (TPSA) is 21.6 Å². The van der Waals surface area contributed by atoms with Crippen LogP contribution in [0.2, 0.25) is 0 Å². The number of rotatable bonds is 3. The molecular weight excluding hydrogens is 278 g/mol. The van der Waals surface area contributed by atoms with Crippen molar-refractivity contribution in [2.75, 3.05) is 7.11 Å². The highest BCUT2D eigenvalue weighted by Crippen LogP contribution is 2.19. The summed E-state index contributed by atoms with van der Waals surface area (Å²) in [6.45, 7) is 0. The zero-order chi connectivity index (χ0) is 12.1. The second kappa shape index (κ2) is 5.64. The monoisotopic (exact) mass is 289 g/mol. The molecule has 2 rings (SSSR count). The molecule has 0 aliphatic carbocycles. The molecule has 0 radical (unpaired) electrons. The Bertz CT molecular complexity index is 520. The molecule has 17 heavy (non-hydrogen) atoms. The van der Waals surface area contributed by atoms with E-state index in [4.69, 9.17) is 4.74 Å². The van der Waals surface area contributed by atoms with Crippen molar-refractivity contribution in [3.8, 4) is 5.75 Å². The van der Waals surface area contributed by atoms with Gasteiger partial charge in [-0.15, -0.1) is 0 Å². The Morgan fingerprint density at radius 1 is 1.06 bits per heavy atom. The molecule has 0 bridgehead atoms. The third-order valence-corrected chi connectivity index (χ3v) is 3.05. The largest absolute Gasteiger partial charge is 0.497 e. The van der Waals surface area contributed by atoms with Crippen molar-refractivity contribution in [3.05, 3.63) is 58.6 Å². The molecule has 2 aromatic carbocycles. The SMILES string of the molecule is COc1ccc(N=Cc2ccccc2Br)cc1. The summed E-state index contributed by atoms with van der Waals surface area (Å²) in [6.07, 6.45) is 1.84. The molecule has 0 N–H and O–H groups in total. The number of ether oxygens (including phenoxy) is 1. The van der Waals surface area contributed by atoms with Crippen molar-refractivity contribution in [3.63, 3.8) is 0 Å². The van der Waals surface area contributed by atoms with Crippen LogP contribution in [0.1, 0.15) is 5.56 Å². The van der Waals surface area contributed by atoms with Crippen LogP contribution >= 0.6 is 15.9 Å². The predicted octanol–water partition coefficient (Wildman–Crippen LogP) is 4.21. The maximum Gasteiger partial charge on any atom is 0.119 e. The van der Waals surface area contributed by atoms with E-state index in [1.54, 1.807) is 7.11 Å². The molecule has 0 aliphatic rings. The van der Waals surface area contributed by atoms with E-state index >= 15 is 0 Å². The van der Waals surface area contributed by atoms with Gasteiger partial charge in [0.25, 0.3) is 0 Å². The smallest absolute Gasteiger partial charge is 0.119 e. The number of benzene rings is 2. The summed E-state index contributed by atoms with van der Waals surface area (Å²) in [7, 11) is 1.65. The molecule has 3 heteroatoms. The Labute approximate surface area is 109 Å². The summed E-state index contributed by atoms with van der Waals surface area (Å²) in [4.78, 5) is 4.40. The highest BCUT2D eigenvalue weighted by molar-refractivity contribution is 9.10. The number of aliphatic imine (C=N–C) groups is 1. The molecule has 0 spiro atoms. The predicted molar refractivity (Wildman–Crippen MR) is 74.4 cm³/mol. The van der Waals surface area contributed by atoms with Gasteiger partial charge >= 0.3 is 0 Å². The molecule has 0 aliphatic heterocycles. The van der Waals surface area contributed by atoms with Gasteiger partial charge in [-0.1, -0.05) is 34.1 Å². The normalized spacial score (nSPS) is 10.7. The average Bonchev–Trinajstić information content (AvgIpc) is 2.38. The highest BCUT2D eigenvalue weighted by atomic mass is 79.9. The van der Waals surface area contributed by atoms with E-state index in [0.717, 1.165) is 21.5 Å². The lowest BCUT2D eigenvalue weighted by Crippen LogP contribution is -1.82. The minimum Gasteiger partial charge on any atom is -0.497 e. The third-order valence-electron chi connectivity index (χ3n) is 2.33. The van der Waals surface area contributed by atoms with Gasteiger partial charge in [0.2, 0.25) is 0 Å². The van der Waals surface area contributed by atoms with Gasteiger partial charge in [0.05, 0.1) is 12.8 Å². The van der Waals surface area contributed by atoms with Crippen molar-refractivity contribution in [1.82, 2.24) is 0 Å². The summed E-state index contributed by atoms with van der Waals surface area (Å²) < 4.78 is 6.13. The first-order valence-corrected chi connectivity index (χ1v) is 6.01. The number of halogens is 1. The van der Waals surface area contributed by atoms with Gasteiger partial charge in [-0.05, 0) is 30.3 Å². The van der Waals surface area contributed by atoms with Gasteiger partial charge < -0.3 is 4.74 Å². The van der Waals surface area contributed by atoms with E-state index in [1.165, 1.54) is 0 Å². The fourth-order valence-electron chi connectivity index (χ4n) is 1.39. The molecule has 86 valence electrons. The molecule has 0 atom stereocenters. The fourth-order valence-corrected chi connectivity index (χ4v) is 1.78. The second-order valence-corrected chi connectivity index (χ2v) is 4.33. The van der Waals surface area contributed by atoms with Crippen LogP contribution in [0.15, 0.2) is 58.0 Å². The first kappa shape index (κ1) is 11.9. The number of hydrogen-bond acceptors (Lipinski definition) is 2. The molecule has 0 aromatic heterocycles. The first-order chi connectivity index (χ1) is 8.29. The van der Waals surface area contributed by atoms with E-state index < -0.39 is 0 Å². The lowest BCUT2D eigenvalue weighted by molar-refractivity contribution is 0.415. The molecule has 0 heterocycles. The highest BCUT2D eigenvalue weighted by Gasteiger charge is 1.94. The maximum absolute atomic E-state index is 5.09. The van der Waals surface area contributed by atoms with Gasteiger partial charge in [0, 0.05) is 16.3 Å². The van der Waals surface area contributed by atoms with Gasteiger partial charge in [-0.25, -0.2) is 0 Å². The maximum atomic E-state index is 5.09. The van der Waals surface area contributed by atoms with E-state index in [-0.39, 0.29) is 0 Å². The summed E-state index contributed by atoms with van der Waals surface area (Å²) in [6, 6.07) is 15.6. The van der Waals surface area contributed by atoms with Gasteiger partial charge in [-0.2, -0.15) is 0 Å². The van der Waals surface area contributed by atoms with Crippen LogP contribution in [0.25, 0.3) is 0 Å². The van der Waals surface area contributed by atoms with Crippen molar-refractivity contribution < 1.29 is 4.74 Å². The van der Waals surface area contributed by atoms with Crippen LogP contribution in [0.5, 0.6) is 5.75 Å². The molecule has 0 unspecified atom stereocenters. The van der Waals surface area contributed by atoms with Crippen LogP contribution in [-0.2, 0) is 0 Å². The van der Waals surface area contributed by atoms with Gasteiger partial charge in [-0.3, -0.25) is 4.99 Å². The Morgan fingerprint density at radius 3 is 2.41 bits per heavy atom. The van der Waals surface area contributed by atoms with E-state index in [9.17, 15) is 0 Å². The van der Waals surface area contributed by atoms with E-state index in [2.05, 4.69) is 20.9 Å². The Morgan fingerprint density at radius 2 is 1.76 bits per heavy atom. The lowest BCUT2D eigenvalue weighted by atomic mass is 10.2. The van der Waals surface area contributed by atoms with Crippen molar-refractivity contribution >= 4 is 27.8 Å². The summed E-state index contributed by atoms with van der Waals surface area (Å²) >= 11 is 3.48. The summed E-state index contributed by atoms with van der Waals surface area (Å²) in [5.41, 5.74) is 1.96. The quantitative estimate of drug-likeness (QED) is 0.776. The van der Waals surface area contributed by atoms with Crippen LogP contribution in [0, 0.1) is 0 Å². The fraction of sp³-hybridized carbons (Fsp3) is 0.0714. The van der Waals surface area contributed by atoms with Crippen molar-refractivity contribution in [2.24, 2.45) is 4.99 Å².